The summed E-state index contributed by atoms with van der Waals surface area (Å²) in [6, 6.07) is 0.764. The van der Waals surface area contributed by atoms with Crippen LogP contribution in [0.3, 0.4) is 0 Å². The number of ether oxygens (including phenoxy) is 1. The summed E-state index contributed by atoms with van der Waals surface area (Å²) in [6.45, 7) is 13.3. The van der Waals surface area contributed by atoms with Crippen molar-refractivity contribution < 1.29 is 17.9 Å². The van der Waals surface area contributed by atoms with Gasteiger partial charge in [0.05, 0.1) is 5.75 Å². The fourth-order valence-corrected chi connectivity index (χ4v) is 7.05. The van der Waals surface area contributed by atoms with Gasteiger partial charge in [0.2, 0.25) is 10.0 Å². The second-order valence-corrected chi connectivity index (χ2v) is 17.2. The van der Waals surface area contributed by atoms with Crippen LogP contribution in [0.4, 0.5) is 4.79 Å². The molecule has 9 heteroatoms. The average molecular weight is 474 g/mol. The molecule has 0 saturated heterocycles. The molecular formula is C17H37BrN2O4SSi. The number of hydrogen-bond acceptors (Lipinski definition) is 4. The van der Waals surface area contributed by atoms with Crippen molar-refractivity contribution in [2.24, 2.45) is 0 Å². The molecule has 0 atom stereocenters. The first kappa shape index (κ1) is 25.9. The van der Waals surface area contributed by atoms with E-state index in [0.717, 1.165) is 24.2 Å². The molecule has 1 N–H and O–H groups in total. The van der Waals surface area contributed by atoms with Crippen molar-refractivity contribution in [3.05, 3.63) is 0 Å². The molecule has 0 aliphatic rings. The zero-order valence-electron chi connectivity index (χ0n) is 17.2. The third kappa shape index (κ3) is 14.0. The van der Waals surface area contributed by atoms with E-state index in [1.807, 2.05) is 20.8 Å². The average Bonchev–Trinajstić information content (AvgIpc) is 2.45. The quantitative estimate of drug-likeness (QED) is 0.264. The number of nitrogens with zero attached hydrogens (tertiary/aromatic N) is 1. The molecule has 6 nitrogen and oxygen atoms in total. The number of carbonyl (C=O) groups excluding carboxylic acids is 1. The Bertz CT molecular complexity index is 516. The number of rotatable bonds is 12. The minimum absolute atomic E-state index is 0.219. The lowest BCUT2D eigenvalue weighted by Crippen LogP contribution is -2.39. The molecule has 0 radical (unpaired) electrons. The Hall–Kier alpha value is -0.123. The van der Waals surface area contributed by atoms with Gasteiger partial charge in [-0.2, -0.15) is 0 Å². The van der Waals surface area contributed by atoms with E-state index in [1.165, 1.54) is 0 Å². The van der Waals surface area contributed by atoms with Gasteiger partial charge in [0.1, 0.15) is 5.60 Å². The van der Waals surface area contributed by atoms with Crippen LogP contribution >= 0.6 is 15.9 Å². The topological polar surface area (TPSA) is 75.7 Å². The van der Waals surface area contributed by atoms with E-state index >= 15 is 0 Å². The van der Waals surface area contributed by atoms with Crippen LogP contribution in [0, 0.1) is 0 Å². The minimum atomic E-state index is -3.26. The van der Waals surface area contributed by atoms with Gasteiger partial charge in [-0.25, -0.2) is 17.5 Å². The fraction of sp³-hybridized carbons (Fsp3) is 0.941. The third-order valence-electron chi connectivity index (χ3n) is 3.55. The SMILES string of the molecule is CC(C)(C)OC(=O)NCCCN(CCCCBr)S(=O)(=O)CC[Si](C)(C)C. The van der Waals surface area contributed by atoms with E-state index in [2.05, 4.69) is 40.9 Å². The molecule has 26 heavy (non-hydrogen) atoms. The van der Waals surface area contributed by atoms with E-state index in [0.29, 0.717) is 26.1 Å². The van der Waals surface area contributed by atoms with E-state index < -0.39 is 29.8 Å². The molecule has 0 aromatic heterocycles. The first-order valence-corrected chi connectivity index (χ1v) is 15.7. The van der Waals surface area contributed by atoms with Gasteiger partial charge in [0.15, 0.2) is 0 Å². The van der Waals surface area contributed by atoms with Crippen LogP contribution in [0.25, 0.3) is 0 Å². The van der Waals surface area contributed by atoms with Crippen LogP contribution in [0.5, 0.6) is 0 Å². The summed E-state index contributed by atoms with van der Waals surface area (Å²) in [5.74, 6) is 0.219. The standard InChI is InChI=1S/C17H37BrN2O4SSi/c1-17(2,3)24-16(21)19-11-9-13-20(12-8-7-10-18)25(22,23)14-15-26(4,5)6/h7-15H2,1-6H3,(H,19,21). The third-order valence-corrected chi connectivity index (χ3v) is 8.09. The van der Waals surface area contributed by atoms with Crippen molar-refractivity contribution >= 4 is 40.1 Å². The van der Waals surface area contributed by atoms with Crippen LogP contribution in [-0.2, 0) is 14.8 Å². The van der Waals surface area contributed by atoms with Crippen LogP contribution in [0.15, 0.2) is 0 Å². The molecule has 156 valence electrons. The van der Waals surface area contributed by atoms with Gasteiger partial charge >= 0.3 is 6.09 Å². The zero-order valence-corrected chi connectivity index (χ0v) is 20.6. The maximum atomic E-state index is 12.7. The molecule has 1 amide bonds. The van der Waals surface area contributed by atoms with E-state index in [4.69, 9.17) is 4.74 Å². The molecule has 0 unspecified atom stereocenters. The lowest BCUT2D eigenvalue weighted by Gasteiger charge is -2.24. The van der Waals surface area contributed by atoms with Gasteiger partial charge in [0, 0.05) is 33.0 Å². The van der Waals surface area contributed by atoms with E-state index in [1.54, 1.807) is 4.31 Å². The van der Waals surface area contributed by atoms with Crippen LogP contribution in [0.1, 0.15) is 40.0 Å². The Morgan fingerprint density at radius 2 is 1.69 bits per heavy atom. The van der Waals surface area contributed by atoms with E-state index in [9.17, 15) is 13.2 Å². The number of alkyl halides is 1. The van der Waals surface area contributed by atoms with Crippen LogP contribution in [-0.4, -0.2) is 63.2 Å². The number of unbranched alkanes of at least 4 members (excludes halogenated alkanes) is 1. The summed E-state index contributed by atoms with van der Waals surface area (Å²) >= 11 is 3.39. The highest BCUT2D eigenvalue weighted by atomic mass is 79.9. The van der Waals surface area contributed by atoms with Gasteiger partial charge in [-0.05, 0) is 46.1 Å². The fourth-order valence-electron chi connectivity index (χ4n) is 2.10. The first-order valence-electron chi connectivity index (χ1n) is 9.27. The Labute approximate surface area is 169 Å². The molecule has 0 fully saturated rings. The van der Waals surface area contributed by atoms with Crippen molar-refractivity contribution in [3.63, 3.8) is 0 Å². The Morgan fingerprint density at radius 1 is 1.12 bits per heavy atom. The molecule has 0 aliphatic heterocycles. The normalized spacial score (nSPS) is 13.1. The predicted molar refractivity (Wildman–Crippen MR) is 115 cm³/mol. The number of halogens is 1. The summed E-state index contributed by atoms with van der Waals surface area (Å²) < 4.78 is 32.2. The maximum absolute atomic E-state index is 12.7. The van der Waals surface area contributed by atoms with Crippen LogP contribution in [0.2, 0.25) is 25.7 Å². The largest absolute Gasteiger partial charge is 0.444 e. The molecule has 0 aliphatic carbocycles. The number of amides is 1. The van der Waals surface area contributed by atoms with Gasteiger partial charge in [0.25, 0.3) is 0 Å². The van der Waals surface area contributed by atoms with Gasteiger partial charge < -0.3 is 10.1 Å². The second-order valence-electron chi connectivity index (χ2n) is 8.70. The molecule has 0 rings (SSSR count). The number of hydrogen-bond donors (Lipinski definition) is 1. The lowest BCUT2D eigenvalue weighted by atomic mass is 10.2. The smallest absolute Gasteiger partial charge is 0.407 e. The summed E-state index contributed by atoms with van der Waals surface area (Å²) in [5.41, 5.74) is -0.536. The Morgan fingerprint density at radius 3 is 2.19 bits per heavy atom. The van der Waals surface area contributed by atoms with Gasteiger partial charge in [-0.1, -0.05) is 35.6 Å². The molecule has 0 saturated carbocycles. The number of sulfonamides is 1. The number of nitrogens with one attached hydrogen (secondary N) is 1. The van der Waals surface area contributed by atoms with Crippen molar-refractivity contribution in [3.8, 4) is 0 Å². The summed E-state index contributed by atoms with van der Waals surface area (Å²) in [7, 11) is -4.67. The molecule has 0 heterocycles. The summed E-state index contributed by atoms with van der Waals surface area (Å²) in [5, 5.41) is 3.56. The Balaban J connectivity index is 4.57. The molecule has 0 aromatic carbocycles. The van der Waals surface area contributed by atoms with E-state index in [-0.39, 0.29) is 5.75 Å². The highest BCUT2D eigenvalue weighted by molar-refractivity contribution is 9.09. The monoisotopic (exact) mass is 472 g/mol. The summed E-state index contributed by atoms with van der Waals surface area (Å²) in [6.07, 6.45) is 1.87. The van der Waals surface area contributed by atoms with Crippen molar-refractivity contribution in [1.29, 1.82) is 0 Å². The maximum Gasteiger partial charge on any atom is 0.407 e. The van der Waals surface area contributed by atoms with Crippen molar-refractivity contribution in [2.45, 2.75) is 71.3 Å². The number of alkyl carbamates (subject to hydrolysis) is 1. The minimum Gasteiger partial charge on any atom is -0.444 e. The lowest BCUT2D eigenvalue weighted by molar-refractivity contribution is 0.0527. The van der Waals surface area contributed by atoms with Gasteiger partial charge in [-0.3, -0.25) is 0 Å². The summed E-state index contributed by atoms with van der Waals surface area (Å²) in [4.78, 5) is 11.7. The molecule has 0 bridgehead atoms. The van der Waals surface area contributed by atoms with Crippen molar-refractivity contribution in [1.82, 2.24) is 9.62 Å². The Kier molecular flexibility index (Phi) is 11.6. The first-order chi connectivity index (χ1) is 11.8. The molecule has 0 aromatic rings. The van der Waals surface area contributed by atoms with Crippen molar-refractivity contribution in [2.75, 3.05) is 30.7 Å². The predicted octanol–water partition coefficient (Wildman–Crippen LogP) is 4.05. The van der Waals surface area contributed by atoms with Crippen LogP contribution < -0.4 is 5.32 Å². The highest BCUT2D eigenvalue weighted by Crippen LogP contribution is 2.14. The number of carbonyl (C=O) groups is 1. The highest BCUT2D eigenvalue weighted by Gasteiger charge is 2.25. The molecule has 0 spiro atoms. The molecular weight excluding hydrogens is 436 g/mol. The van der Waals surface area contributed by atoms with Gasteiger partial charge in [-0.15, -0.1) is 0 Å². The zero-order chi connectivity index (χ0) is 20.4. The second kappa shape index (κ2) is 11.7.